The van der Waals surface area contributed by atoms with E-state index in [1.54, 1.807) is 25.1 Å². The second-order valence-corrected chi connectivity index (χ2v) is 7.91. The maximum absolute atomic E-state index is 14.1. The highest BCUT2D eigenvalue weighted by Crippen LogP contribution is 2.29. The number of para-hydroxylation sites is 1. The first kappa shape index (κ1) is 22.7. The smallest absolute Gasteiger partial charge is 0.338 e. The van der Waals surface area contributed by atoms with Crippen molar-refractivity contribution in [3.8, 4) is 0 Å². The van der Waals surface area contributed by atoms with E-state index in [0.717, 1.165) is 0 Å². The lowest BCUT2D eigenvalue weighted by atomic mass is 9.95. The molecule has 1 fully saturated rings. The Balaban J connectivity index is 1.56. The number of piperazine rings is 1. The summed E-state index contributed by atoms with van der Waals surface area (Å²) in [6.07, 6.45) is 0. The van der Waals surface area contributed by atoms with Gasteiger partial charge in [-0.05, 0) is 36.8 Å². The quantitative estimate of drug-likeness (QED) is 0.654. The van der Waals surface area contributed by atoms with E-state index < -0.39 is 23.9 Å². The summed E-state index contributed by atoms with van der Waals surface area (Å²) in [5.74, 6) is -1.21. The number of urea groups is 1. The monoisotopic (exact) mass is 456 g/mol. The van der Waals surface area contributed by atoms with Crippen molar-refractivity contribution in [3.05, 3.63) is 77.0 Å². The van der Waals surface area contributed by atoms with E-state index >= 15 is 0 Å². The van der Waals surface area contributed by atoms with Crippen LogP contribution in [-0.2, 0) is 9.53 Å². The van der Waals surface area contributed by atoms with Crippen LogP contribution in [0.2, 0.25) is 0 Å². The Labute approximate surface area is 191 Å². The lowest BCUT2D eigenvalue weighted by Gasteiger charge is -2.38. The van der Waals surface area contributed by atoms with Crippen LogP contribution >= 0.6 is 0 Å². The number of hydrogen-bond donors (Lipinski definition) is 2. The summed E-state index contributed by atoms with van der Waals surface area (Å²) >= 11 is 0. The van der Waals surface area contributed by atoms with Crippen LogP contribution in [0.25, 0.3) is 0 Å². The third kappa shape index (κ3) is 5.14. The Kier molecular flexibility index (Phi) is 6.88. The first-order valence-corrected chi connectivity index (χ1v) is 10.9. The van der Waals surface area contributed by atoms with E-state index in [1.165, 1.54) is 30.3 Å². The molecule has 0 aliphatic carbocycles. The fourth-order valence-corrected chi connectivity index (χ4v) is 4.18. The molecule has 7 nitrogen and oxygen atoms in total. The van der Waals surface area contributed by atoms with Gasteiger partial charge in [-0.15, -0.1) is 0 Å². The predicted molar refractivity (Wildman–Crippen MR) is 120 cm³/mol. The maximum Gasteiger partial charge on any atom is 0.338 e. The number of esters is 1. The lowest BCUT2D eigenvalue weighted by molar-refractivity contribution is -0.139. The largest absolute Gasteiger partial charge is 0.463 e. The van der Waals surface area contributed by atoms with E-state index in [9.17, 15) is 18.4 Å². The van der Waals surface area contributed by atoms with Crippen molar-refractivity contribution in [2.75, 3.05) is 44.2 Å². The van der Waals surface area contributed by atoms with Crippen molar-refractivity contribution >= 4 is 17.7 Å². The van der Waals surface area contributed by atoms with Gasteiger partial charge in [0.1, 0.15) is 11.6 Å². The number of benzene rings is 2. The molecule has 2 aliphatic rings. The minimum atomic E-state index is -0.756. The molecule has 0 radical (unpaired) electrons. The molecule has 0 bridgehead atoms. The second kappa shape index (κ2) is 9.99. The molecule has 1 atom stereocenters. The van der Waals surface area contributed by atoms with Gasteiger partial charge in [-0.2, -0.15) is 0 Å². The van der Waals surface area contributed by atoms with Gasteiger partial charge >= 0.3 is 12.0 Å². The minimum Gasteiger partial charge on any atom is -0.463 e. The molecular formula is C24H26F2N4O3. The van der Waals surface area contributed by atoms with E-state index in [1.807, 2.05) is 4.90 Å². The Hall–Kier alpha value is -3.46. The van der Waals surface area contributed by atoms with E-state index in [-0.39, 0.29) is 12.4 Å². The van der Waals surface area contributed by atoms with Gasteiger partial charge in [-0.25, -0.2) is 18.4 Å². The number of hydrogen-bond acceptors (Lipinski definition) is 5. The van der Waals surface area contributed by atoms with E-state index in [0.29, 0.717) is 55.2 Å². The molecule has 2 aromatic rings. The van der Waals surface area contributed by atoms with Crippen molar-refractivity contribution in [2.24, 2.45) is 0 Å². The molecule has 4 rings (SSSR count). The highest BCUT2D eigenvalue weighted by Gasteiger charge is 2.34. The zero-order chi connectivity index (χ0) is 23.4. The topological polar surface area (TPSA) is 73.9 Å². The molecule has 2 N–H and O–H groups in total. The molecule has 2 amide bonds. The SMILES string of the molecule is CCOC(=O)C1=C(CN2CCN(c3ccccc3F)CC2)NC(=O)N[C@H]1c1ccc(F)cc1. The van der Waals surface area contributed by atoms with Crippen LogP contribution in [0, 0.1) is 11.6 Å². The number of nitrogens with one attached hydrogen (secondary N) is 2. The number of carbonyl (C=O) groups is 2. The summed E-state index contributed by atoms with van der Waals surface area (Å²) in [6.45, 7) is 4.68. The standard InChI is InChI=1S/C24H26F2N4O3/c1-2-33-23(31)21-19(27-24(32)28-22(21)16-7-9-17(25)10-8-16)15-29-11-13-30(14-12-29)20-6-4-3-5-18(20)26/h3-10,22H,2,11-15H2,1H3,(H2,27,28,32)/t22-/m0/s1. The number of rotatable bonds is 6. The van der Waals surface area contributed by atoms with E-state index in [2.05, 4.69) is 15.5 Å². The lowest BCUT2D eigenvalue weighted by Crippen LogP contribution is -2.52. The van der Waals surface area contributed by atoms with Crippen LogP contribution in [0.15, 0.2) is 59.8 Å². The summed E-state index contributed by atoms with van der Waals surface area (Å²) < 4.78 is 32.8. The fourth-order valence-electron chi connectivity index (χ4n) is 4.18. The molecule has 2 aromatic carbocycles. The van der Waals surface area contributed by atoms with Crippen LogP contribution in [0.1, 0.15) is 18.5 Å². The molecular weight excluding hydrogens is 430 g/mol. The molecule has 1 saturated heterocycles. The molecule has 174 valence electrons. The molecule has 0 aromatic heterocycles. The minimum absolute atomic E-state index is 0.182. The molecule has 0 spiro atoms. The normalized spacial score (nSPS) is 19.2. The van der Waals surface area contributed by atoms with Crippen LogP contribution in [0.5, 0.6) is 0 Å². The Bertz CT molecular complexity index is 1050. The van der Waals surface area contributed by atoms with Crippen LogP contribution in [0.3, 0.4) is 0 Å². The van der Waals surface area contributed by atoms with Crippen molar-refractivity contribution in [3.63, 3.8) is 0 Å². The number of amides is 2. The summed E-state index contributed by atoms with van der Waals surface area (Å²) in [4.78, 5) is 29.4. The van der Waals surface area contributed by atoms with Crippen molar-refractivity contribution in [1.82, 2.24) is 15.5 Å². The third-order valence-corrected chi connectivity index (χ3v) is 5.80. The van der Waals surface area contributed by atoms with Gasteiger partial charge in [-0.3, -0.25) is 4.90 Å². The number of carbonyl (C=O) groups excluding carboxylic acids is 2. The van der Waals surface area contributed by atoms with Crippen LogP contribution < -0.4 is 15.5 Å². The number of nitrogens with zero attached hydrogens (tertiary/aromatic N) is 2. The van der Waals surface area contributed by atoms with Crippen molar-refractivity contribution < 1.29 is 23.1 Å². The fraction of sp³-hybridized carbons (Fsp3) is 0.333. The number of ether oxygens (including phenoxy) is 1. The maximum atomic E-state index is 14.1. The molecule has 2 aliphatic heterocycles. The average Bonchev–Trinajstić information content (AvgIpc) is 2.80. The summed E-state index contributed by atoms with van der Waals surface area (Å²) in [5, 5.41) is 5.50. The molecule has 0 saturated carbocycles. The van der Waals surface area contributed by atoms with Crippen molar-refractivity contribution in [1.29, 1.82) is 0 Å². The average molecular weight is 456 g/mol. The van der Waals surface area contributed by atoms with Crippen molar-refractivity contribution in [2.45, 2.75) is 13.0 Å². The van der Waals surface area contributed by atoms with Gasteiger partial charge in [0.25, 0.3) is 0 Å². The van der Waals surface area contributed by atoms with Gasteiger partial charge in [0.2, 0.25) is 0 Å². The highest BCUT2D eigenvalue weighted by molar-refractivity contribution is 5.95. The number of halogens is 2. The summed E-state index contributed by atoms with van der Waals surface area (Å²) in [5.41, 5.74) is 1.89. The van der Waals surface area contributed by atoms with E-state index in [4.69, 9.17) is 4.74 Å². The Morgan fingerprint density at radius 2 is 1.76 bits per heavy atom. The number of anilines is 1. The first-order chi connectivity index (χ1) is 16.0. The summed E-state index contributed by atoms with van der Waals surface area (Å²) in [7, 11) is 0. The predicted octanol–water partition coefficient (Wildman–Crippen LogP) is 2.96. The first-order valence-electron chi connectivity index (χ1n) is 10.9. The van der Waals surface area contributed by atoms with Crippen LogP contribution in [-0.4, -0.2) is 56.2 Å². The molecule has 2 heterocycles. The summed E-state index contributed by atoms with van der Waals surface area (Å²) in [6, 6.07) is 11.1. The Morgan fingerprint density at radius 3 is 2.42 bits per heavy atom. The highest BCUT2D eigenvalue weighted by atomic mass is 19.1. The van der Waals surface area contributed by atoms with Gasteiger partial charge in [-0.1, -0.05) is 24.3 Å². The van der Waals surface area contributed by atoms with Gasteiger partial charge < -0.3 is 20.3 Å². The Morgan fingerprint density at radius 1 is 1.06 bits per heavy atom. The second-order valence-electron chi connectivity index (χ2n) is 7.91. The zero-order valence-electron chi connectivity index (χ0n) is 18.3. The van der Waals surface area contributed by atoms with Crippen LogP contribution in [0.4, 0.5) is 19.3 Å². The molecule has 0 unspecified atom stereocenters. The third-order valence-electron chi connectivity index (χ3n) is 5.80. The van der Waals surface area contributed by atoms with Gasteiger partial charge in [0.15, 0.2) is 0 Å². The molecule has 33 heavy (non-hydrogen) atoms. The molecule has 9 heteroatoms. The zero-order valence-corrected chi connectivity index (χ0v) is 18.3. The van der Waals surface area contributed by atoms with Gasteiger partial charge in [0, 0.05) is 38.4 Å². The van der Waals surface area contributed by atoms with Gasteiger partial charge in [0.05, 0.1) is 23.9 Å².